The molecule has 7 heteroatoms. The molecule has 0 unspecified atom stereocenters. The number of pyridine rings is 4. The lowest BCUT2D eigenvalue weighted by molar-refractivity contribution is 1.07. The second-order valence-corrected chi connectivity index (χ2v) is 18.4. The summed E-state index contributed by atoms with van der Waals surface area (Å²) < 4.78 is 0. The van der Waals surface area contributed by atoms with E-state index < -0.39 is 0 Å². The minimum atomic E-state index is 0.509. The molecular weight excluding hydrogens is 879 g/mol. The average molecular weight is 922 g/mol. The lowest BCUT2D eigenvalue weighted by atomic mass is 9.90. The van der Waals surface area contributed by atoms with Crippen molar-refractivity contribution < 1.29 is 0 Å². The quantitative estimate of drug-likeness (QED) is 0.140. The van der Waals surface area contributed by atoms with Crippen LogP contribution in [0.25, 0.3) is 133 Å². The van der Waals surface area contributed by atoms with E-state index in [1.54, 1.807) is 0 Å². The molecule has 0 saturated carbocycles. The molecule has 8 aromatic carbocycles. The van der Waals surface area contributed by atoms with Gasteiger partial charge in [-0.25, -0.2) is 15.0 Å². The number of aromatic nitrogens is 7. The maximum absolute atomic E-state index is 5.33. The van der Waals surface area contributed by atoms with Gasteiger partial charge in [0.05, 0.1) is 22.4 Å². The van der Waals surface area contributed by atoms with Crippen LogP contribution in [0.3, 0.4) is 0 Å². The molecule has 72 heavy (non-hydrogen) atoms. The van der Waals surface area contributed by atoms with Crippen LogP contribution in [0.1, 0.15) is 11.1 Å². The first-order valence-corrected chi connectivity index (χ1v) is 24.1. The average Bonchev–Trinajstić information content (AvgIpc) is 3.44. The molecule has 0 spiro atoms. The third-order valence-electron chi connectivity index (χ3n) is 13.5. The van der Waals surface area contributed by atoms with Gasteiger partial charge >= 0.3 is 0 Å². The minimum absolute atomic E-state index is 0.509. The van der Waals surface area contributed by atoms with Crippen LogP contribution in [0.4, 0.5) is 0 Å². The van der Waals surface area contributed by atoms with Gasteiger partial charge in [0.1, 0.15) is 0 Å². The van der Waals surface area contributed by atoms with Gasteiger partial charge in [0.2, 0.25) is 0 Å². The van der Waals surface area contributed by atoms with Crippen molar-refractivity contribution in [2.75, 3.05) is 0 Å². The maximum atomic E-state index is 5.33. The Morgan fingerprint density at radius 1 is 0.278 bits per heavy atom. The summed E-state index contributed by atoms with van der Waals surface area (Å²) in [7, 11) is 0. The van der Waals surface area contributed by atoms with Gasteiger partial charge in [-0.2, -0.15) is 0 Å². The molecule has 0 atom stereocenters. The van der Waals surface area contributed by atoms with Crippen molar-refractivity contribution in [2.45, 2.75) is 13.8 Å². The first kappa shape index (κ1) is 42.5. The van der Waals surface area contributed by atoms with Crippen molar-refractivity contribution in [3.05, 3.63) is 236 Å². The number of aryl methyl sites for hydroxylation is 2. The smallest absolute Gasteiger partial charge is 0.165 e. The van der Waals surface area contributed by atoms with Crippen LogP contribution < -0.4 is 0 Å². The summed E-state index contributed by atoms with van der Waals surface area (Å²) in [5.74, 6) is 1.58. The summed E-state index contributed by atoms with van der Waals surface area (Å²) >= 11 is 0. The summed E-state index contributed by atoms with van der Waals surface area (Å²) in [6, 6.07) is 70.2. The summed E-state index contributed by atoms with van der Waals surface area (Å²) in [6.45, 7) is 4.28. The molecule has 0 N–H and O–H groups in total. The molecule has 5 aromatic heterocycles. The van der Waals surface area contributed by atoms with E-state index in [1.165, 1.54) is 32.8 Å². The number of hydrogen-bond donors (Lipinski definition) is 0. The lowest BCUT2D eigenvalue weighted by Gasteiger charge is -2.15. The number of hydrogen-bond acceptors (Lipinski definition) is 7. The summed E-state index contributed by atoms with van der Waals surface area (Å²) in [4.78, 5) is 35.1. The molecule has 5 heterocycles. The van der Waals surface area contributed by atoms with Crippen LogP contribution in [-0.2, 0) is 0 Å². The van der Waals surface area contributed by atoms with Crippen molar-refractivity contribution in [3.8, 4) is 90.1 Å². The predicted octanol–water partition coefficient (Wildman–Crippen LogP) is 16.0. The fourth-order valence-corrected chi connectivity index (χ4v) is 10.0. The molecule has 0 aliphatic rings. The van der Waals surface area contributed by atoms with E-state index in [4.69, 9.17) is 24.9 Å². The monoisotopic (exact) mass is 921 g/mol. The highest BCUT2D eigenvalue weighted by atomic mass is 15.0. The summed E-state index contributed by atoms with van der Waals surface area (Å²) in [6.07, 6.45) is 7.46. The van der Waals surface area contributed by atoms with Gasteiger partial charge < -0.3 is 0 Å². The number of nitrogens with zero attached hydrogens (tertiary/aromatic N) is 7. The van der Waals surface area contributed by atoms with Crippen molar-refractivity contribution in [1.29, 1.82) is 0 Å². The molecule has 0 saturated heterocycles. The van der Waals surface area contributed by atoms with Gasteiger partial charge in [0.25, 0.3) is 0 Å². The van der Waals surface area contributed by atoms with Crippen molar-refractivity contribution in [1.82, 2.24) is 34.9 Å². The largest absolute Gasteiger partial charge is 0.256 e. The maximum Gasteiger partial charge on any atom is 0.165 e. The lowest BCUT2D eigenvalue weighted by Crippen LogP contribution is -2.01. The van der Waals surface area contributed by atoms with Gasteiger partial charge in [-0.15, -0.1) is 0 Å². The van der Waals surface area contributed by atoms with Crippen molar-refractivity contribution in [3.63, 3.8) is 0 Å². The molecule has 0 fully saturated rings. The number of benzene rings is 8. The van der Waals surface area contributed by atoms with E-state index in [0.717, 1.165) is 94.2 Å². The fourth-order valence-electron chi connectivity index (χ4n) is 10.0. The SMILES string of the molecule is Cc1cc(C)cc(-c2cnc3cc(-c4cc(-c5nc(-c6ccc(-c7ccc8cccnc8c7)nc6)nc(-c6cccc(-c7ccccn7)c6)n5)cc(-c5cc6ccccc6c6ccccc56)c4)ccc3c2)c1. The van der Waals surface area contributed by atoms with Gasteiger partial charge in [-0.3, -0.25) is 19.9 Å². The Balaban J connectivity index is 0.998. The predicted molar refractivity (Wildman–Crippen MR) is 294 cm³/mol. The van der Waals surface area contributed by atoms with Gasteiger partial charge in [-0.05, 0) is 142 Å². The summed E-state index contributed by atoms with van der Waals surface area (Å²) in [5.41, 5.74) is 16.8. The van der Waals surface area contributed by atoms with E-state index in [9.17, 15) is 0 Å². The van der Waals surface area contributed by atoms with Gasteiger partial charge in [0.15, 0.2) is 17.5 Å². The molecule has 338 valence electrons. The number of fused-ring (bicyclic) bond motifs is 5. The standard InChI is InChI=1S/C65H43N7/c1-40-27-41(2)29-50(28-40)54-31-46-22-20-43(36-62(46)69-39-54)51-32-52(58-35-44-11-3-4-15-55(44)56-16-5-6-17-57(56)58)34-53(33-51)65-71-63(48-13-9-12-45(30-48)59-18-7-8-25-66-59)70-64(72-65)49-23-24-60(68-38-49)47-21-19-42-14-10-26-67-61(42)37-47/h3-39H,1-2H3. The van der Waals surface area contributed by atoms with Crippen LogP contribution in [0, 0.1) is 13.8 Å². The Morgan fingerprint density at radius 3 is 1.71 bits per heavy atom. The molecule has 0 aliphatic carbocycles. The van der Waals surface area contributed by atoms with E-state index in [-0.39, 0.29) is 0 Å². The Bertz CT molecular complexity index is 4220. The minimum Gasteiger partial charge on any atom is -0.256 e. The zero-order valence-corrected chi connectivity index (χ0v) is 39.5. The molecule has 13 aromatic rings. The molecule has 13 rings (SSSR count). The molecule has 0 amide bonds. The molecule has 0 bridgehead atoms. The fraction of sp³-hybridized carbons (Fsp3) is 0.0308. The Morgan fingerprint density at radius 2 is 0.875 bits per heavy atom. The normalized spacial score (nSPS) is 11.5. The highest BCUT2D eigenvalue weighted by Gasteiger charge is 2.18. The van der Waals surface area contributed by atoms with Crippen molar-refractivity contribution >= 4 is 43.4 Å². The highest BCUT2D eigenvalue weighted by molar-refractivity contribution is 6.14. The van der Waals surface area contributed by atoms with E-state index >= 15 is 0 Å². The first-order valence-electron chi connectivity index (χ1n) is 24.1. The second kappa shape index (κ2) is 17.7. The highest BCUT2D eigenvalue weighted by Crippen LogP contribution is 2.40. The Labute approximate surface area is 416 Å². The van der Waals surface area contributed by atoms with Crippen LogP contribution in [0.15, 0.2) is 225 Å². The number of rotatable bonds is 8. The third kappa shape index (κ3) is 8.08. The van der Waals surface area contributed by atoms with Crippen LogP contribution in [0.2, 0.25) is 0 Å². The first-order chi connectivity index (χ1) is 35.4. The van der Waals surface area contributed by atoms with E-state index in [0.29, 0.717) is 17.5 Å². The van der Waals surface area contributed by atoms with Gasteiger partial charge in [-0.1, -0.05) is 132 Å². The Kier molecular flexibility index (Phi) is 10.5. The van der Waals surface area contributed by atoms with Gasteiger partial charge in [0, 0.05) is 68.9 Å². The molecule has 7 nitrogen and oxygen atoms in total. The molecule has 0 radical (unpaired) electrons. The van der Waals surface area contributed by atoms with Crippen LogP contribution >= 0.6 is 0 Å². The van der Waals surface area contributed by atoms with E-state index in [1.807, 2.05) is 73.3 Å². The molecule has 0 aliphatic heterocycles. The van der Waals surface area contributed by atoms with Crippen LogP contribution in [0.5, 0.6) is 0 Å². The Hall–Kier alpha value is -9.59. The third-order valence-corrected chi connectivity index (χ3v) is 13.5. The zero-order valence-electron chi connectivity index (χ0n) is 39.5. The second-order valence-electron chi connectivity index (χ2n) is 18.4. The van der Waals surface area contributed by atoms with E-state index in [2.05, 4.69) is 175 Å². The zero-order chi connectivity index (χ0) is 48.1. The summed E-state index contributed by atoms with van der Waals surface area (Å²) in [5, 5.41) is 6.89. The van der Waals surface area contributed by atoms with Crippen molar-refractivity contribution in [2.24, 2.45) is 0 Å². The van der Waals surface area contributed by atoms with Crippen LogP contribution in [-0.4, -0.2) is 34.9 Å². The molecular formula is C65H43N7. The topological polar surface area (TPSA) is 90.2 Å².